The Morgan fingerprint density at radius 2 is 1.90 bits per heavy atom. The molecule has 1 saturated heterocycles. The third kappa shape index (κ3) is 7.08. The van der Waals surface area contributed by atoms with E-state index in [1.54, 1.807) is 36.4 Å². The lowest BCUT2D eigenvalue weighted by molar-refractivity contribution is -0.137. The molecular weight excluding hydrogens is 581 g/mol. The number of thioether (sulfide) groups is 1. The zero-order valence-electron chi connectivity index (χ0n) is 21.0. The molecule has 1 N–H and O–H groups in total. The number of hydrogen-bond acceptors (Lipinski definition) is 7. The highest BCUT2D eigenvalue weighted by atomic mass is 35.5. The molecule has 5 rings (SSSR count). The summed E-state index contributed by atoms with van der Waals surface area (Å²) in [6.07, 6.45) is -1.83. The Hall–Kier alpha value is -4.29. The number of halogens is 4. The predicted molar refractivity (Wildman–Crippen MR) is 150 cm³/mol. The number of benzene rings is 2. The summed E-state index contributed by atoms with van der Waals surface area (Å²) in [5.74, 6) is 0.281. The molecule has 1 atom stereocenters. The van der Waals surface area contributed by atoms with E-state index in [0.29, 0.717) is 16.5 Å². The molecule has 1 aliphatic heterocycles. The summed E-state index contributed by atoms with van der Waals surface area (Å²) in [6.45, 7) is 0.0862. The number of anilines is 1. The van der Waals surface area contributed by atoms with E-state index in [-0.39, 0.29) is 47.0 Å². The summed E-state index contributed by atoms with van der Waals surface area (Å²) in [4.78, 5) is 27.2. The molecule has 1 fully saturated rings. The third-order valence-corrected chi connectivity index (χ3v) is 7.26. The maximum absolute atomic E-state index is 13.2. The molecule has 0 radical (unpaired) electrons. The molecule has 3 heterocycles. The highest BCUT2D eigenvalue weighted by molar-refractivity contribution is 8.15. The lowest BCUT2D eigenvalue weighted by Crippen LogP contribution is -2.33. The summed E-state index contributed by atoms with van der Waals surface area (Å²) in [7, 11) is 0. The van der Waals surface area contributed by atoms with Gasteiger partial charge in [-0.05, 0) is 60.7 Å². The first kappa shape index (κ1) is 28.2. The summed E-state index contributed by atoms with van der Waals surface area (Å²) < 4.78 is 50.2. The van der Waals surface area contributed by atoms with Gasteiger partial charge in [-0.3, -0.25) is 14.5 Å². The van der Waals surface area contributed by atoms with Crippen molar-refractivity contribution in [2.75, 3.05) is 5.32 Å². The van der Waals surface area contributed by atoms with E-state index in [9.17, 15) is 22.8 Å². The van der Waals surface area contributed by atoms with Crippen LogP contribution in [0.25, 0.3) is 11.3 Å². The van der Waals surface area contributed by atoms with Gasteiger partial charge in [0.15, 0.2) is 5.17 Å². The maximum Gasteiger partial charge on any atom is 0.416 e. The van der Waals surface area contributed by atoms with Gasteiger partial charge in [0.2, 0.25) is 11.8 Å². The third-order valence-electron chi connectivity index (χ3n) is 5.84. The molecule has 0 saturated carbocycles. The first-order valence-corrected chi connectivity index (χ1v) is 13.4. The van der Waals surface area contributed by atoms with Crippen molar-refractivity contribution in [3.8, 4) is 11.3 Å². The van der Waals surface area contributed by atoms with Gasteiger partial charge in [-0.2, -0.15) is 18.3 Å². The van der Waals surface area contributed by atoms with Crippen molar-refractivity contribution in [1.82, 2.24) is 4.90 Å². The van der Waals surface area contributed by atoms with E-state index in [2.05, 4.69) is 15.5 Å². The molecular formula is C28H20ClF3N4O4S. The largest absolute Gasteiger partial charge is 0.467 e. The minimum atomic E-state index is -4.48. The molecule has 1 aliphatic rings. The molecule has 2 aromatic carbocycles. The monoisotopic (exact) mass is 600 g/mol. The van der Waals surface area contributed by atoms with Crippen LogP contribution in [0.5, 0.6) is 0 Å². The Morgan fingerprint density at radius 3 is 2.63 bits per heavy atom. The first-order chi connectivity index (χ1) is 19.7. The summed E-state index contributed by atoms with van der Waals surface area (Å²) in [6, 6.07) is 17.8. The van der Waals surface area contributed by atoms with Crippen molar-refractivity contribution in [2.24, 2.45) is 10.2 Å². The fraction of sp³-hybridized carbons (Fsp3) is 0.143. The zero-order valence-corrected chi connectivity index (χ0v) is 22.5. The van der Waals surface area contributed by atoms with Gasteiger partial charge in [0.1, 0.15) is 22.5 Å². The Balaban J connectivity index is 1.30. The smallest absolute Gasteiger partial charge is 0.416 e. The van der Waals surface area contributed by atoms with Crippen LogP contribution in [-0.4, -0.2) is 33.3 Å². The van der Waals surface area contributed by atoms with Crippen LogP contribution in [0.3, 0.4) is 0 Å². The molecule has 210 valence electrons. The quantitative estimate of drug-likeness (QED) is 0.172. The maximum atomic E-state index is 13.2. The van der Waals surface area contributed by atoms with Crippen LogP contribution in [0.4, 0.5) is 18.9 Å². The number of alkyl halides is 3. The Morgan fingerprint density at radius 1 is 1.10 bits per heavy atom. The van der Waals surface area contributed by atoms with Crippen molar-refractivity contribution in [3.05, 3.63) is 101 Å². The standard InChI is InChI=1S/C28H20ClF3N4O4S/c29-19-6-8-20(9-7-19)34-25(37)14-24-26(38)36(16-22-5-2-12-39-22)27(41-24)35-33-15-21-10-11-23(40-21)17-3-1-4-18(13-17)28(30,31)32/h1-13,15,24H,14,16H2,(H,34,37)/b33-15+,35-27-. The van der Waals surface area contributed by atoms with Crippen LogP contribution in [0.2, 0.25) is 5.02 Å². The van der Waals surface area contributed by atoms with Crippen molar-refractivity contribution >= 4 is 52.2 Å². The van der Waals surface area contributed by atoms with E-state index in [1.165, 1.54) is 41.6 Å². The lowest BCUT2D eigenvalue weighted by atomic mass is 10.1. The molecule has 41 heavy (non-hydrogen) atoms. The summed E-state index contributed by atoms with van der Waals surface area (Å²) >= 11 is 6.97. The van der Waals surface area contributed by atoms with Gasteiger partial charge in [0, 0.05) is 22.7 Å². The molecule has 0 bridgehead atoms. The predicted octanol–water partition coefficient (Wildman–Crippen LogP) is 7.07. The van der Waals surface area contributed by atoms with Gasteiger partial charge >= 0.3 is 6.18 Å². The molecule has 2 aromatic heterocycles. The highest BCUT2D eigenvalue weighted by Crippen LogP contribution is 2.33. The number of rotatable bonds is 8. The number of nitrogens with one attached hydrogen (secondary N) is 1. The minimum absolute atomic E-state index is 0.0862. The number of nitrogens with zero attached hydrogens (tertiary/aromatic N) is 3. The van der Waals surface area contributed by atoms with Crippen LogP contribution in [0.1, 0.15) is 23.5 Å². The van der Waals surface area contributed by atoms with Crippen molar-refractivity contribution < 1.29 is 31.6 Å². The molecule has 0 spiro atoms. The van der Waals surface area contributed by atoms with Crippen LogP contribution in [0, 0.1) is 0 Å². The SMILES string of the molecule is O=C(CC1S/C(=N\N=C\c2ccc(-c3cccc(C(F)(F)F)c3)o2)N(Cc2ccco2)C1=O)Nc1ccc(Cl)cc1. The number of amidine groups is 1. The van der Waals surface area contributed by atoms with E-state index in [0.717, 1.165) is 23.9 Å². The number of carbonyl (C=O) groups is 2. The van der Waals surface area contributed by atoms with Gasteiger partial charge in [-0.25, -0.2) is 0 Å². The van der Waals surface area contributed by atoms with Crippen molar-refractivity contribution in [3.63, 3.8) is 0 Å². The normalized spacial score (nSPS) is 16.7. The van der Waals surface area contributed by atoms with Gasteiger partial charge in [0.05, 0.1) is 24.6 Å². The number of amides is 2. The fourth-order valence-electron chi connectivity index (χ4n) is 3.89. The topological polar surface area (TPSA) is 100 Å². The molecule has 13 heteroatoms. The van der Waals surface area contributed by atoms with E-state index < -0.39 is 17.0 Å². The lowest BCUT2D eigenvalue weighted by Gasteiger charge is -2.14. The second-order valence-corrected chi connectivity index (χ2v) is 10.4. The van der Waals surface area contributed by atoms with Gasteiger partial charge in [-0.1, -0.05) is 35.5 Å². The van der Waals surface area contributed by atoms with E-state index in [1.807, 2.05) is 0 Å². The van der Waals surface area contributed by atoms with Crippen LogP contribution in [-0.2, 0) is 22.3 Å². The average molecular weight is 601 g/mol. The minimum Gasteiger partial charge on any atom is -0.467 e. The number of furan rings is 2. The summed E-state index contributed by atoms with van der Waals surface area (Å²) in [5.41, 5.74) is 0.0137. The second kappa shape index (κ2) is 12.1. The molecule has 1 unspecified atom stereocenters. The summed E-state index contributed by atoms with van der Waals surface area (Å²) in [5, 5.41) is 11.0. The number of hydrogen-bond donors (Lipinski definition) is 1. The highest BCUT2D eigenvalue weighted by Gasteiger charge is 2.40. The van der Waals surface area contributed by atoms with Gasteiger partial charge in [-0.15, -0.1) is 5.10 Å². The van der Waals surface area contributed by atoms with Crippen molar-refractivity contribution in [1.29, 1.82) is 0 Å². The Kier molecular flexibility index (Phi) is 8.31. The van der Waals surface area contributed by atoms with Crippen LogP contribution in [0.15, 0.2) is 98.1 Å². The Labute approximate surface area is 240 Å². The van der Waals surface area contributed by atoms with Gasteiger partial charge in [0.25, 0.3) is 0 Å². The van der Waals surface area contributed by atoms with Crippen LogP contribution < -0.4 is 5.32 Å². The number of carbonyl (C=O) groups excluding carboxylic acids is 2. The first-order valence-electron chi connectivity index (χ1n) is 12.1. The molecule has 8 nitrogen and oxygen atoms in total. The van der Waals surface area contributed by atoms with E-state index in [4.69, 9.17) is 20.4 Å². The van der Waals surface area contributed by atoms with E-state index >= 15 is 0 Å². The van der Waals surface area contributed by atoms with Crippen molar-refractivity contribution in [2.45, 2.75) is 24.4 Å². The molecule has 4 aromatic rings. The molecule has 2 amide bonds. The zero-order chi connectivity index (χ0) is 29.0. The average Bonchev–Trinajstić information content (AvgIpc) is 3.69. The Bertz CT molecular complexity index is 1600. The van der Waals surface area contributed by atoms with Gasteiger partial charge < -0.3 is 14.2 Å². The molecule has 0 aliphatic carbocycles. The fourth-order valence-corrected chi connectivity index (χ4v) is 5.11. The van der Waals surface area contributed by atoms with Crippen LogP contribution >= 0.6 is 23.4 Å². The second-order valence-electron chi connectivity index (χ2n) is 8.78.